The summed E-state index contributed by atoms with van der Waals surface area (Å²) in [6.07, 6.45) is 1.24. The van der Waals surface area contributed by atoms with Crippen molar-refractivity contribution in [3.8, 4) is 17.2 Å². The van der Waals surface area contributed by atoms with E-state index in [0.29, 0.717) is 29.2 Å². The second-order valence-corrected chi connectivity index (χ2v) is 6.92. The van der Waals surface area contributed by atoms with E-state index in [4.69, 9.17) is 18.6 Å². The molecule has 0 fully saturated rings. The molecule has 0 saturated carbocycles. The topological polar surface area (TPSA) is 61.1 Å². The maximum atomic E-state index is 13.0. The summed E-state index contributed by atoms with van der Waals surface area (Å²) in [4.78, 5) is 15.2. The van der Waals surface area contributed by atoms with Gasteiger partial charge in [0.2, 0.25) is 12.5 Å². The van der Waals surface area contributed by atoms with Crippen LogP contribution in [0.25, 0.3) is 0 Å². The fourth-order valence-electron chi connectivity index (χ4n) is 3.98. The molecular weight excluding hydrogens is 334 g/mol. The summed E-state index contributed by atoms with van der Waals surface area (Å²) in [7, 11) is 3.67. The fourth-order valence-corrected chi connectivity index (χ4v) is 3.98. The highest BCUT2D eigenvalue weighted by molar-refractivity contribution is 5.97. The lowest BCUT2D eigenvalue weighted by Gasteiger charge is -2.35. The number of rotatable bonds is 4. The van der Waals surface area contributed by atoms with Crippen molar-refractivity contribution >= 4 is 5.78 Å². The molecule has 2 aliphatic rings. The normalized spacial score (nSPS) is 18.7. The average Bonchev–Trinajstić information content (AvgIpc) is 3.21. The second kappa shape index (κ2) is 6.36. The number of likely N-dealkylation sites (N-methyl/N-ethyl adjacent to an activating group) is 1. The SMILES string of the molecule is COc1c2c(cc3c1[C@@H](CC(=O)c1cc(C)oc1C)N(C)CC3)OCO2. The second-order valence-electron chi connectivity index (χ2n) is 6.92. The highest BCUT2D eigenvalue weighted by atomic mass is 16.7. The third-order valence-corrected chi connectivity index (χ3v) is 5.27. The maximum absolute atomic E-state index is 13.0. The number of furan rings is 1. The van der Waals surface area contributed by atoms with E-state index in [0.717, 1.165) is 35.6 Å². The summed E-state index contributed by atoms with van der Waals surface area (Å²) in [6, 6.07) is 3.77. The molecule has 26 heavy (non-hydrogen) atoms. The van der Waals surface area contributed by atoms with Gasteiger partial charge in [0.15, 0.2) is 17.3 Å². The van der Waals surface area contributed by atoms with Crippen LogP contribution in [-0.2, 0) is 6.42 Å². The van der Waals surface area contributed by atoms with Crippen molar-refractivity contribution in [3.05, 3.63) is 40.3 Å². The molecule has 1 aromatic carbocycles. The number of fused-ring (bicyclic) bond motifs is 2. The smallest absolute Gasteiger partial charge is 0.231 e. The summed E-state index contributed by atoms with van der Waals surface area (Å²) in [5, 5.41) is 0. The molecule has 3 heterocycles. The van der Waals surface area contributed by atoms with Crippen LogP contribution in [0.1, 0.15) is 45.5 Å². The molecule has 0 aliphatic carbocycles. The molecule has 0 radical (unpaired) electrons. The number of hydrogen-bond donors (Lipinski definition) is 0. The van der Waals surface area contributed by atoms with Crippen LogP contribution in [-0.4, -0.2) is 38.2 Å². The molecule has 0 amide bonds. The number of ketones is 1. The van der Waals surface area contributed by atoms with Gasteiger partial charge in [0, 0.05) is 24.6 Å². The Kier molecular flexibility index (Phi) is 4.15. The Morgan fingerprint density at radius 3 is 2.81 bits per heavy atom. The van der Waals surface area contributed by atoms with Crippen LogP contribution in [0.15, 0.2) is 16.5 Å². The first-order valence-electron chi connectivity index (χ1n) is 8.79. The molecule has 4 rings (SSSR count). The zero-order valence-electron chi connectivity index (χ0n) is 15.5. The molecular formula is C20H23NO5. The molecule has 6 heteroatoms. The van der Waals surface area contributed by atoms with E-state index in [-0.39, 0.29) is 18.6 Å². The first-order chi connectivity index (χ1) is 12.5. The van der Waals surface area contributed by atoms with Gasteiger partial charge in [-0.05, 0) is 45.0 Å². The Bertz CT molecular complexity index is 870. The molecule has 0 N–H and O–H groups in total. The van der Waals surface area contributed by atoms with E-state index in [9.17, 15) is 4.79 Å². The van der Waals surface area contributed by atoms with Gasteiger partial charge in [0.05, 0.1) is 12.7 Å². The van der Waals surface area contributed by atoms with Crippen LogP contribution in [0.4, 0.5) is 0 Å². The lowest BCUT2D eigenvalue weighted by molar-refractivity contribution is 0.0924. The van der Waals surface area contributed by atoms with Crippen LogP contribution < -0.4 is 14.2 Å². The number of Topliss-reactive ketones (excluding diaryl/α,β-unsaturated/α-hetero) is 1. The monoisotopic (exact) mass is 357 g/mol. The van der Waals surface area contributed by atoms with Crippen LogP contribution in [0.5, 0.6) is 17.2 Å². The van der Waals surface area contributed by atoms with Gasteiger partial charge in [-0.1, -0.05) is 0 Å². The number of methoxy groups -OCH3 is 1. The molecule has 2 aliphatic heterocycles. The predicted molar refractivity (Wildman–Crippen MR) is 95.3 cm³/mol. The van der Waals surface area contributed by atoms with E-state index < -0.39 is 0 Å². The molecule has 0 spiro atoms. The van der Waals surface area contributed by atoms with Crippen molar-refractivity contribution in [2.45, 2.75) is 32.7 Å². The summed E-state index contributed by atoms with van der Waals surface area (Å²) in [6.45, 7) is 4.76. The summed E-state index contributed by atoms with van der Waals surface area (Å²) in [5.74, 6) is 3.53. The minimum Gasteiger partial charge on any atom is -0.492 e. The maximum Gasteiger partial charge on any atom is 0.231 e. The highest BCUT2D eigenvalue weighted by Gasteiger charge is 2.35. The van der Waals surface area contributed by atoms with E-state index in [1.165, 1.54) is 0 Å². The first-order valence-corrected chi connectivity index (χ1v) is 8.79. The molecule has 2 aromatic rings. The Morgan fingerprint density at radius 2 is 2.12 bits per heavy atom. The van der Waals surface area contributed by atoms with Crippen LogP contribution >= 0.6 is 0 Å². The van der Waals surface area contributed by atoms with Gasteiger partial charge in [-0.15, -0.1) is 0 Å². The number of carbonyl (C=O) groups is 1. The fraction of sp³-hybridized carbons (Fsp3) is 0.450. The van der Waals surface area contributed by atoms with Crippen LogP contribution in [0.3, 0.4) is 0 Å². The first kappa shape index (κ1) is 17.0. The molecule has 6 nitrogen and oxygen atoms in total. The lowest BCUT2D eigenvalue weighted by atomic mass is 9.87. The Hall–Kier alpha value is -2.47. The minimum absolute atomic E-state index is 0.0729. The van der Waals surface area contributed by atoms with E-state index in [1.54, 1.807) is 7.11 Å². The van der Waals surface area contributed by atoms with Crippen LogP contribution in [0.2, 0.25) is 0 Å². The van der Waals surface area contributed by atoms with Gasteiger partial charge in [-0.25, -0.2) is 0 Å². The largest absolute Gasteiger partial charge is 0.492 e. The van der Waals surface area contributed by atoms with E-state index in [1.807, 2.05) is 33.0 Å². The van der Waals surface area contributed by atoms with Crippen molar-refractivity contribution in [3.63, 3.8) is 0 Å². The number of benzene rings is 1. The van der Waals surface area contributed by atoms with Crippen molar-refractivity contribution in [1.82, 2.24) is 4.90 Å². The van der Waals surface area contributed by atoms with Gasteiger partial charge < -0.3 is 18.6 Å². The number of hydrogen-bond acceptors (Lipinski definition) is 6. The molecule has 0 unspecified atom stereocenters. The highest BCUT2D eigenvalue weighted by Crippen LogP contribution is 2.50. The summed E-state index contributed by atoms with van der Waals surface area (Å²) < 4.78 is 22.4. The van der Waals surface area contributed by atoms with Crippen molar-refractivity contribution in [1.29, 1.82) is 0 Å². The summed E-state index contributed by atoms with van der Waals surface area (Å²) in [5.41, 5.74) is 2.83. The number of ether oxygens (including phenoxy) is 3. The zero-order chi connectivity index (χ0) is 18.4. The van der Waals surface area contributed by atoms with Gasteiger partial charge in [-0.2, -0.15) is 0 Å². The number of nitrogens with zero attached hydrogens (tertiary/aromatic N) is 1. The average molecular weight is 357 g/mol. The quantitative estimate of drug-likeness (QED) is 0.781. The minimum atomic E-state index is -0.0784. The summed E-state index contributed by atoms with van der Waals surface area (Å²) >= 11 is 0. The van der Waals surface area contributed by atoms with Crippen molar-refractivity contribution < 1.29 is 23.4 Å². The van der Waals surface area contributed by atoms with Crippen molar-refractivity contribution in [2.75, 3.05) is 27.5 Å². The molecule has 1 atom stereocenters. The lowest BCUT2D eigenvalue weighted by Crippen LogP contribution is -2.34. The third-order valence-electron chi connectivity index (χ3n) is 5.27. The molecule has 0 bridgehead atoms. The molecule has 1 aromatic heterocycles. The Balaban J connectivity index is 1.74. The zero-order valence-corrected chi connectivity index (χ0v) is 15.5. The predicted octanol–water partition coefficient (Wildman–Crippen LogP) is 3.44. The van der Waals surface area contributed by atoms with Crippen LogP contribution in [0, 0.1) is 13.8 Å². The standard InChI is InChI=1S/C20H23NO5/c1-11-7-14(12(2)26-11)16(22)9-15-18-13(5-6-21(15)3)8-17-19(20(18)23-4)25-10-24-17/h7-8,15H,5-6,9-10H2,1-4H3/t15-/m1/s1. The molecule has 0 saturated heterocycles. The number of aryl methyl sites for hydroxylation is 2. The third kappa shape index (κ3) is 2.65. The Morgan fingerprint density at radius 1 is 1.31 bits per heavy atom. The van der Waals surface area contributed by atoms with Gasteiger partial charge in [0.1, 0.15) is 11.5 Å². The van der Waals surface area contributed by atoms with E-state index >= 15 is 0 Å². The molecule has 138 valence electrons. The van der Waals surface area contributed by atoms with Gasteiger partial charge >= 0.3 is 0 Å². The number of carbonyl (C=O) groups excluding carboxylic acids is 1. The van der Waals surface area contributed by atoms with Gasteiger partial charge in [-0.3, -0.25) is 9.69 Å². The Labute approximate surface area is 152 Å². The van der Waals surface area contributed by atoms with Crippen molar-refractivity contribution in [2.24, 2.45) is 0 Å². The van der Waals surface area contributed by atoms with Gasteiger partial charge in [0.25, 0.3) is 0 Å². The van der Waals surface area contributed by atoms with E-state index in [2.05, 4.69) is 4.90 Å².